The minimum absolute atomic E-state index is 0.129. The molecule has 0 amide bonds. The highest BCUT2D eigenvalue weighted by atomic mass is 32.2. The number of thioether (sulfide) groups is 1. The van der Waals surface area contributed by atoms with Crippen molar-refractivity contribution in [1.82, 2.24) is 4.98 Å². The van der Waals surface area contributed by atoms with Crippen LogP contribution in [0.2, 0.25) is 0 Å². The van der Waals surface area contributed by atoms with Crippen molar-refractivity contribution in [2.75, 3.05) is 24.7 Å². The number of esters is 1. The molecular weight excluding hydrogens is 240 g/mol. The predicted molar refractivity (Wildman–Crippen MR) is 67.0 cm³/mol. The number of carbonyl (C=O) groups is 1. The van der Waals surface area contributed by atoms with Gasteiger partial charge in [0, 0.05) is 18.6 Å². The smallest absolute Gasteiger partial charge is 0.340 e. The summed E-state index contributed by atoms with van der Waals surface area (Å²) in [6.07, 6.45) is 2.19. The summed E-state index contributed by atoms with van der Waals surface area (Å²) in [5.74, 6) is 0.274. The maximum absolute atomic E-state index is 11.6. The molecule has 0 aliphatic rings. The first-order chi connectivity index (χ1) is 8.20. The standard InChI is InChI=1S/C11H16N2O3S/c1-2-16-11(15)8-4-5-13-10(9(8)12)17-7-3-6-14/h4-5,14H,2-3,6-7,12H2,1H3. The molecule has 0 aromatic carbocycles. The second-order valence-electron chi connectivity index (χ2n) is 3.22. The number of nitrogens with two attached hydrogens (primary N) is 1. The fourth-order valence-corrected chi connectivity index (χ4v) is 2.06. The molecule has 1 heterocycles. The van der Waals surface area contributed by atoms with Gasteiger partial charge in [-0.2, -0.15) is 0 Å². The molecule has 0 spiro atoms. The van der Waals surface area contributed by atoms with E-state index in [1.807, 2.05) is 0 Å². The second kappa shape index (κ2) is 7.13. The molecular formula is C11H16N2O3S. The molecule has 1 aromatic rings. The first kappa shape index (κ1) is 13.8. The molecule has 6 heteroatoms. The average molecular weight is 256 g/mol. The molecule has 17 heavy (non-hydrogen) atoms. The largest absolute Gasteiger partial charge is 0.462 e. The van der Waals surface area contributed by atoms with E-state index < -0.39 is 5.97 Å². The monoisotopic (exact) mass is 256 g/mol. The molecule has 94 valence electrons. The highest BCUT2D eigenvalue weighted by Gasteiger charge is 2.14. The average Bonchev–Trinajstić information content (AvgIpc) is 2.32. The van der Waals surface area contributed by atoms with E-state index in [4.69, 9.17) is 15.6 Å². The van der Waals surface area contributed by atoms with Crippen LogP contribution in [0.25, 0.3) is 0 Å². The first-order valence-electron chi connectivity index (χ1n) is 5.36. The highest BCUT2D eigenvalue weighted by molar-refractivity contribution is 7.99. The Bertz CT molecular complexity index is 385. The van der Waals surface area contributed by atoms with Crippen molar-refractivity contribution in [1.29, 1.82) is 0 Å². The van der Waals surface area contributed by atoms with Crippen molar-refractivity contribution < 1.29 is 14.6 Å². The zero-order valence-corrected chi connectivity index (χ0v) is 10.5. The number of anilines is 1. The van der Waals surface area contributed by atoms with E-state index in [0.717, 1.165) is 0 Å². The lowest BCUT2D eigenvalue weighted by molar-refractivity contribution is 0.0527. The zero-order chi connectivity index (χ0) is 12.7. The van der Waals surface area contributed by atoms with E-state index in [1.165, 1.54) is 18.0 Å². The summed E-state index contributed by atoms with van der Waals surface area (Å²) >= 11 is 1.42. The molecule has 0 saturated carbocycles. The van der Waals surface area contributed by atoms with Gasteiger partial charge in [0.05, 0.1) is 17.9 Å². The third-order valence-corrected chi connectivity index (χ3v) is 3.08. The third-order valence-electron chi connectivity index (χ3n) is 1.99. The summed E-state index contributed by atoms with van der Waals surface area (Å²) in [5.41, 5.74) is 6.53. The number of nitrogens with zero attached hydrogens (tertiary/aromatic N) is 1. The molecule has 0 atom stereocenters. The maximum atomic E-state index is 11.6. The number of ether oxygens (including phenoxy) is 1. The molecule has 1 aromatic heterocycles. The number of carbonyl (C=O) groups excluding carboxylic acids is 1. The van der Waals surface area contributed by atoms with Gasteiger partial charge in [0.1, 0.15) is 5.03 Å². The quantitative estimate of drug-likeness (QED) is 0.453. The van der Waals surface area contributed by atoms with Crippen molar-refractivity contribution in [3.8, 4) is 0 Å². The Balaban J connectivity index is 2.79. The molecule has 3 N–H and O–H groups in total. The van der Waals surface area contributed by atoms with Crippen LogP contribution in [0.3, 0.4) is 0 Å². The summed E-state index contributed by atoms with van der Waals surface area (Å²) in [6.45, 7) is 2.18. The fourth-order valence-electron chi connectivity index (χ4n) is 1.19. The topological polar surface area (TPSA) is 85.4 Å². The number of nitrogen functional groups attached to an aromatic ring is 1. The van der Waals surface area contributed by atoms with Crippen LogP contribution in [0.5, 0.6) is 0 Å². The molecule has 0 fully saturated rings. The van der Waals surface area contributed by atoms with E-state index in [1.54, 1.807) is 13.0 Å². The number of aromatic nitrogens is 1. The van der Waals surface area contributed by atoms with Gasteiger partial charge >= 0.3 is 5.97 Å². The summed E-state index contributed by atoms with van der Waals surface area (Å²) in [5, 5.41) is 9.29. The number of rotatable bonds is 6. The summed E-state index contributed by atoms with van der Waals surface area (Å²) in [4.78, 5) is 15.7. The molecule has 0 saturated heterocycles. The Morgan fingerprint density at radius 2 is 2.41 bits per heavy atom. The molecule has 0 aliphatic carbocycles. The first-order valence-corrected chi connectivity index (χ1v) is 6.34. The summed E-state index contributed by atoms with van der Waals surface area (Å²) in [7, 11) is 0. The fraction of sp³-hybridized carbons (Fsp3) is 0.455. The SMILES string of the molecule is CCOC(=O)c1ccnc(SCCCO)c1N. The Morgan fingerprint density at radius 1 is 1.65 bits per heavy atom. The van der Waals surface area contributed by atoms with E-state index >= 15 is 0 Å². The van der Waals surface area contributed by atoms with Crippen LogP contribution in [-0.4, -0.2) is 35.0 Å². The van der Waals surface area contributed by atoms with E-state index in [-0.39, 0.29) is 6.61 Å². The van der Waals surface area contributed by atoms with Crippen LogP contribution >= 0.6 is 11.8 Å². The van der Waals surface area contributed by atoms with Gasteiger partial charge in [-0.05, 0) is 19.4 Å². The van der Waals surface area contributed by atoms with Crippen molar-refractivity contribution in [2.24, 2.45) is 0 Å². The normalized spacial score (nSPS) is 10.2. The van der Waals surface area contributed by atoms with Gasteiger partial charge in [0.2, 0.25) is 0 Å². The maximum Gasteiger partial charge on any atom is 0.340 e. The van der Waals surface area contributed by atoms with Gasteiger partial charge in [-0.1, -0.05) is 0 Å². The van der Waals surface area contributed by atoms with Crippen molar-refractivity contribution in [2.45, 2.75) is 18.4 Å². The van der Waals surface area contributed by atoms with Gasteiger partial charge in [0.25, 0.3) is 0 Å². The molecule has 5 nitrogen and oxygen atoms in total. The Morgan fingerprint density at radius 3 is 3.06 bits per heavy atom. The van der Waals surface area contributed by atoms with Gasteiger partial charge < -0.3 is 15.6 Å². The van der Waals surface area contributed by atoms with Crippen molar-refractivity contribution >= 4 is 23.4 Å². The highest BCUT2D eigenvalue weighted by Crippen LogP contribution is 2.26. The predicted octanol–water partition coefficient (Wildman–Crippen LogP) is 1.31. The molecule has 0 bridgehead atoms. The van der Waals surface area contributed by atoms with E-state index in [9.17, 15) is 4.79 Å². The Hall–Kier alpha value is -1.27. The summed E-state index contributed by atoms with van der Waals surface area (Å²) in [6, 6.07) is 1.55. The van der Waals surface area contributed by atoms with Gasteiger partial charge in [-0.25, -0.2) is 9.78 Å². The van der Waals surface area contributed by atoms with Crippen LogP contribution < -0.4 is 5.73 Å². The van der Waals surface area contributed by atoms with Crippen LogP contribution in [-0.2, 0) is 4.74 Å². The minimum Gasteiger partial charge on any atom is -0.462 e. The van der Waals surface area contributed by atoms with Crippen LogP contribution in [0.1, 0.15) is 23.7 Å². The van der Waals surface area contributed by atoms with Crippen LogP contribution in [0, 0.1) is 0 Å². The van der Waals surface area contributed by atoms with Gasteiger partial charge in [0.15, 0.2) is 0 Å². The Labute approximate surface area is 104 Å². The molecule has 0 radical (unpaired) electrons. The number of hydrogen-bond donors (Lipinski definition) is 2. The lowest BCUT2D eigenvalue weighted by Crippen LogP contribution is -2.09. The summed E-state index contributed by atoms with van der Waals surface area (Å²) < 4.78 is 4.89. The number of aliphatic hydroxyl groups is 1. The lowest BCUT2D eigenvalue weighted by atomic mass is 10.2. The van der Waals surface area contributed by atoms with Gasteiger partial charge in [-0.3, -0.25) is 0 Å². The van der Waals surface area contributed by atoms with E-state index in [2.05, 4.69) is 4.98 Å². The number of pyridine rings is 1. The number of aliphatic hydroxyl groups excluding tert-OH is 1. The van der Waals surface area contributed by atoms with E-state index in [0.29, 0.717) is 35.1 Å². The van der Waals surface area contributed by atoms with Crippen LogP contribution in [0.4, 0.5) is 5.69 Å². The molecule has 1 rings (SSSR count). The second-order valence-corrected chi connectivity index (χ2v) is 4.31. The zero-order valence-electron chi connectivity index (χ0n) is 9.68. The van der Waals surface area contributed by atoms with Crippen LogP contribution in [0.15, 0.2) is 17.3 Å². The Kier molecular flexibility index (Phi) is 5.79. The third kappa shape index (κ3) is 3.90. The van der Waals surface area contributed by atoms with Crippen molar-refractivity contribution in [3.63, 3.8) is 0 Å². The molecule has 0 aliphatic heterocycles. The van der Waals surface area contributed by atoms with Gasteiger partial charge in [-0.15, -0.1) is 11.8 Å². The number of hydrogen-bond acceptors (Lipinski definition) is 6. The molecule has 0 unspecified atom stereocenters. The van der Waals surface area contributed by atoms with Crippen molar-refractivity contribution in [3.05, 3.63) is 17.8 Å². The minimum atomic E-state index is -0.434. The lowest BCUT2D eigenvalue weighted by Gasteiger charge is -2.08.